The Hall–Kier alpha value is -0.930. The summed E-state index contributed by atoms with van der Waals surface area (Å²) in [5, 5.41) is 0. The van der Waals surface area contributed by atoms with Crippen LogP contribution in [-0.4, -0.2) is 18.0 Å². The molecule has 1 fully saturated rings. The highest BCUT2D eigenvalue weighted by Gasteiger charge is 2.20. The summed E-state index contributed by atoms with van der Waals surface area (Å²) in [6.45, 7) is 5.58. The fraction of sp³-hybridized carbons (Fsp3) is 0.600. The van der Waals surface area contributed by atoms with Gasteiger partial charge in [0.05, 0.1) is 0 Å². The Balaban J connectivity index is 1.97. The lowest BCUT2D eigenvalue weighted by molar-refractivity contribution is 0.178. The molecule has 1 aliphatic carbocycles. The second-order valence-electron chi connectivity index (χ2n) is 5.25. The standard InChI is InChI=1S/C15H23FN2/c1-2-18(10-12-4-3-5-12)11-13-6-7-15(16)14(8-13)9-17/h6-8,12H,2-5,9-11,17H2,1H3. The molecule has 100 valence electrons. The number of nitrogens with zero attached hydrogens (tertiary/aromatic N) is 1. The third kappa shape index (κ3) is 3.30. The zero-order valence-corrected chi connectivity index (χ0v) is 11.2. The highest BCUT2D eigenvalue weighted by molar-refractivity contribution is 5.25. The zero-order valence-electron chi connectivity index (χ0n) is 11.2. The first-order valence-electron chi connectivity index (χ1n) is 6.92. The number of benzene rings is 1. The average molecular weight is 250 g/mol. The molecule has 1 aliphatic rings. The van der Waals surface area contributed by atoms with Gasteiger partial charge in [-0.25, -0.2) is 4.39 Å². The van der Waals surface area contributed by atoms with Crippen LogP contribution < -0.4 is 5.73 Å². The normalized spacial score (nSPS) is 16.0. The van der Waals surface area contributed by atoms with E-state index < -0.39 is 0 Å². The van der Waals surface area contributed by atoms with Crippen molar-refractivity contribution >= 4 is 0 Å². The Kier molecular flexibility index (Phi) is 4.72. The predicted molar refractivity (Wildman–Crippen MR) is 72.6 cm³/mol. The molecule has 0 aliphatic heterocycles. The van der Waals surface area contributed by atoms with Crippen molar-refractivity contribution in [3.8, 4) is 0 Å². The van der Waals surface area contributed by atoms with Crippen molar-refractivity contribution in [3.05, 3.63) is 35.1 Å². The first-order valence-corrected chi connectivity index (χ1v) is 6.92. The van der Waals surface area contributed by atoms with Crippen molar-refractivity contribution in [2.45, 2.75) is 39.3 Å². The van der Waals surface area contributed by atoms with E-state index in [0.29, 0.717) is 5.56 Å². The van der Waals surface area contributed by atoms with E-state index in [0.717, 1.165) is 24.6 Å². The molecule has 1 aromatic rings. The van der Waals surface area contributed by atoms with Crippen molar-refractivity contribution in [3.63, 3.8) is 0 Å². The molecule has 0 unspecified atom stereocenters. The molecule has 2 rings (SSSR count). The topological polar surface area (TPSA) is 29.3 Å². The number of halogens is 1. The highest BCUT2D eigenvalue weighted by atomic mass is 19.1. The maximum Gasteiger partial charge on any atom is 0.127 e. The minimum atomic E-state index is -0.191. The Morgan fingerprint density at radius 3 is 2.72 bits per heavy atom. The van der Waals surface area contributed by atoms with Crippen LogP contribution in [0.3, 0.4) is 0 Å². The van der Waals surface area contributed by atoms with E-state index in [1.54, 1.807) is 0 Å². The molecule has 0 heterocycles. The van der Waals surface area contributed by atoms with Crippen molar-refractivity contribution in [2.24, 2.45) is 11.7 Å². The lowest BCUT2D eigenvalue weighted by atomic mass is 9.85. The SMILES string of the molecule is CCN(Cc1ccc(F)c(CN)c1)CC1CCC1. The monoisotopic (exact) mass is 250 g/mol. The Labute approximate surface area is 109 Å². The molecular weight excluding hydrogens is 227 g/mol. The van der Waals surface area contributed by atoms with Crippen molar-refractivity contribution in [1.82, 2.24) is 4.90 Å². The molecule has 2 nitrogen and oxygen atoms in total. The second kappa shape index (κ2) is 6.30. The maximum atomic E-state index is 13.4. The fourth-order valence-corrected chi connectivity index (χ4v) is 2.49. The Bertz CT molecular complexity index is 388. The van der Waals surface area contributed by atoms with Gasteiger partial charge in [0.1, 0.15) is 5.82 Å². The summed E-state index contributed by atoms with van der Waals surface area (Å²) in [7, 11) is 0. The zero-order chi connectivity index (χ0) is 13.0. The number of hydrogen-bond acceptors (Lipinski definition) is 2. The van der Waals surface area contributed by atoms with Crippen LogP contribution in [0.1, 0.15) is 37.3 Å². The van der Waals surface area contributed by atoms with E-state index in [1.807, 2.05) is 12.1 Å². The van der Waals surface area contributed by atoms with Gasteiger partial charge >= 0.3 is 0 Å². The molecule has 0 saturated heterocycles. The van der Waals surface area contributed by atoms with Gasteiger partial charge in [-0.1, -0.05) is 25.5 Å². The van der Waals surface area contributed by atoms with Gasteiger partial charge in [-0.3, -0.25) is 4.90 Å². The van der Waals surface area contributed by atoms with E-state index in [9.17, 15) is 4.39 Å². The average Bonchev–Trinajstić information content (AvgIpc) is 2.34. The van der Waals surface area contributed by atoms with Gasteiger partial charge in [-0.15, -0.1) is 0 Å². The van der Waals surface area contributed by atoms with Gasteiger partial charge in [0, 0.05) is 25.2 Å². The predicted octanol–water partition coefficient (Wildman–Crippen LogP) is 2.91. The van der Waals surface area contributed by atoms with Gasteiger partial charge in [0.25, 0.3) is 0 Å². The summed E-state index contributed by atoms with van der Waals surface area (Å²) >= 11 is 0. The molecule has 0 radical (unpaired) electrons. The molecule has 0 bridgehead atoms. The number of rotatable bonds is 6. The Morgan fingerprint density at radius 2 is 2.17 bits per heavy atom. The largest absolute Gasteiger partial charge is 0.326 e. The summed E-state index contributed by atoms with van der Waals surface area (Å²) < 4.78 is 13.4. The molecule has 0 amide bonds. The van der Waals surface area contributed by atoms with Gasteiger partial charge in [-0.2, -0.15) is 0 Å². The van der Waals surface area contributed by atoms with Crippen molar-refractivity contribution in [2.75, 3.05) is 13.1 Å². The summed E-state index contributed by atoms with van der Waals surface area (Å²) in [5.41, 5.74) is 7.32. The lowest BCUT2D eigenvalue weighted by Crippen LogP contribution is -2.32. The van der Waals surface area contributed by atoms with E-state index in [-0.39, 0.29) is 12.4 Å². The summed E-state index contributed by atoms with van der Waals surface area (Å²) in [5.74, 6) is 0.683. The fourth-order valence-electron chi connectivity index (χ4n) is 2.49. The summed E-state index contributed by atoms with van der Waals surface area (Å²) in [4.78, 5) is 2.44. The van der Waals surface area contributed by atoms with Gasteiger partial charge in [0.15, 0.2) is 0 Å². The van der Waals surface area contributed by atoms with E-state index in [1.165, 1.54) is 31.9 Å². The minimum absolute atomic E-state index is 0.191. The van der Waals surface area contributed by atoms with Crippen LogP contribution in [0.2, 0.25) is 0 Å². The molecule has 0 atom stereocenters. The van der Waals surface area contributed by atoms with Crippen molar-refractivity contribution in [1.29, 1.82) is 0 Å². The first-order chi connectivity index (χ1) is 8.72. The molecule has 2 N–H and O–H groups in total. The van der Waals surface area contributed by atoms with Gasteiger partial charge < -0.3 is 5.73 Å². The minimum Gasteiger partial charge on any atom is -0.326 e. The molecule has 0 spiro atoms. The van der Waals surface area contributed by atoms with Crippen LogP contribution in [-0.2, 0) is 13.1 Å². The third-order valence-corrected chi connectivity index (χ3v) is 3.92. The number of hydrogen-bond donors (Lipinski definition) is 1. The van der Waals surface area contributed by atoms with Crippen molar-refractivity contribution < 1.29 is 4.39 Å². The quantitative estimate of drug-likeness (QED) is 0.841. The van der Waals surface area contributed by atoms with Crippen LogP contribution in [0.15, 0.2) is 18.2 Å². The third-order valence-electron chi connectivity index (χ3n) is 3.92. The van der Waals surface area contributed by atoms with Crippen LogP contribution in [0, 0.1) is 11.7 Å². The highest BCUT2D eigenvalue weighted by Crippen LogP contribution is 2.27. The second-order valence-corrected chi connectivity index (χ2v) is 5.25. The molecule has 1 saturated carbocycles. The van der Waals surface area contributed by atoms with Crippen LogP contribution in [0.4, 0.5) is 4.39 Å². The summed E-state index contributed by atoms with van der Waals surface area (Å²) in [6, 6.07) is 5.31. The first kappa shape index (κ1) is 13.5. The summed E-state index contributed by atoms with van der Waals surface area (Å²) in [6.07, 6.45) is 4.12. The molecule has 1 aromatic carbocycles. The smallest absolute Gasteiger partial charge is 0.127 e. The molecule has 18 heavy (non-hydrogen) atoms. The van der Waals surface area contributed by atoms with E-state index >= 15 is 0 Å². The maximum absolute atomic E-state index is 13.4. The van der Waals surface area contributed by atoms with Gasteiger partial charge in [0.2, 0.25) is 0 Å². The Morgan fingerprint density at radius 1 is 1.39 bits per heavy atom. The van der Waals surface area contributed by atoms with Gasteiger partial charge in [-0.05, 0) is 36.9 Å². The molecular formula is C15H23FN2. The number of nitrogens with two attached hydrogens (primary N) is 1. The molecule has 0 aromatic heterocycles. The van der Waals surface area contributed by atoms with Crippen LogP contribution >= 0.6 is 0 Å². The molecule has 3 heteroatoms. The van der Waals surface area contributed by atoms with Crippen LogP contribution in [0.25, 0.3) is 0 Å². The van der Waals surface area contributed by atoms with E-state index in [2.05, 4.69) is 11.8 Å². The lowest BCUT2D eigenvalue weighted by Gasteiger charge is -2.31. The van der Waals surface area contributed by atoms with E-state index in [4.69, 9.17) is 5.73 Å². The van der Waals surface area contributed by atoms with Crippen LogP contribution in [0.5, 0.6) is 0 Å².